The van der Waals surface area contributed by atoms with E-state index in [0.717, 1.165) is 22.9 Å². The van der Waals surface area contributed by atoms with Gasteiger partial charge in [0.05, 0.1) is 0 Å². The van der Waals surface area contributed by atoms with Gasteiger partial charge in [-0.25, -0.2) is 4.79 Å². The van der Waals surface area contributed by atoms with E-state index in [1.807, 2.05) is 45.0 Å². The quantitative estimate of drug-likeness (QED) is 0.346. The van der Waals surface area contributed by atoms with E-state index in [1.165, 1.54) is 16.2 Å². The smallest absolute Gasteiger partial charge is 0.333 e. The summed E-state index contributed by atoms with van der Waals surface area (Å²) in [5.74, 6) is -0.229. The van der Waals surface area contributed by atoms with Crippen molar-refractivity contribution in [1.29, 1.82) is 0 Å². The van der Waals surface area contributed by atoms with Gasteiger partial charge in [-0.3, -0.25) is 0 Å². The standard InChI is InChI=1S/C22H22O2/c1-4-15(2)16(3)22(23)24-14-20-11-7-10-19-12-17-8-5-6-9-18(17)13-21(19)20/h5-13H,4,14H2,1-3H3. The number of esters is 1. The summed E-state index contributed by atoms with van der Waals surface area (Å²) in [6.45, 7) is 6.14. The maximum absolute atomic E-state index is 12.2. The first-order chi connectivity index (χ1) is 11.6. The summed E-state index contributed by atoms with van der Waals surface area (Å²) in [7, 11) is 0. The highest BCUT2D eigenvalue weighted by Gasteiger charge is 2.10. The van der Waals surface area contributed by atoms with Crippen molar-refractivity contribution in [3.05, 3.63) is 71.3 Å². The third-order valence-corrected chi connectivity index (χ3v) is 4.67. The average Bonchev–Trinajstić information content (AvgIpc) is 2.63. The summed E-state index contributed by atoms with van der Waals surface area (Å²) in [4.78, 5) is 12.2. The molecule has 0 heterocycles. The van der Waals surface area contributed by atoms with Gasteiger partial charge in [-0.05, 0) is 59.5 Å². The normalized spacial score (nSPS) is 12.3. The van der Waals surface area contributed by atoms with E-state index in [4.69, 9.17) is 4.74 Å². The lowest BCUT2D eigenvalue weighted by Gasteiger charge is -2.11. The lowest BCUT2D eigenvalue weighted by atomic mass is 10.00. The van der Waals surface area contributed by atoms with E-state index in [0.29, 0.717) is 12.2 Å². The second-order valence-electron chi connectivity index (χ2n) is 6.17. The Morgan fingerprint density at radius 3 is 2.29 bits per heavy atom. The minimum atomic E-state index is -0.229. The molecule has 0 atom stereocenters. The molecule has 24 heavy (non-hydrogen) atoms. The third-order valence-electron chi connectivity index (χ3n) is 4.67. The number of carbonyl (C=O) groups is 1. The largest absolute Gasteiger partial charge is 0.457 e. The van der Waals surface area contributed by atoms with Crippen LogP contribution in [-0.4, -0.2) is 5.97 Å². The zero-order valence-electron chi connectivity index (χ0n) is 14.4. The number of carbonyl (C=O) groups excluding carboxylic acids is 1. The summed E-state index contributed by atoms with van der Waals surface area (Å²) >= 11 is 0. The van der Waals surface area contributed by atoms with Crippen LogP contribution in [0.1, 0.15) is 32.8 Å². The van der Waals surface area contributed by atoms with Crippen LogP contribution >= 0.6 is 0 Å². The molecule has 0 aliphatic heterocycles. The number of benzene rings is 3. The van der Waals surface area contributed by atoms with Crippen LogP contribution in [0.2, 0.25) is 0 Å². The Morgan fingerprint density at radius 2 is 1.58 bits per heavy atom. The zero-order chi connectivity index (χ0) is 17.1. The SMILES string of the molecule is CCC(C)=C(C)C(=O)OCc1cccc2cc3ccccc3cc12. The molecule has 0 N–H and O–H groups in total. The van der Waals surface area contributed by atoms with Crippen molar-refractivity contribution in [2.45, 2.75) is 33.8 Å². The first kappa shape index (κ1) is 16.3. The van der Waals surface area contributed by atoms with Gasteiger partial charge in [0.1, 0.15) is 6.61 Å². The molecule has 2 heteroatoms. The maximum atomic E-state index is 12.2. The van der Waals surface area contributed by atoms with Crippen LogP contribution in [0.25, 0.3) is 21.5 Å². The van der Waals surface area contributed by atoms with Crippen LogP contribution in [0, 0.1) is 0 Å². The van der Waals surface area contributed by atoms with E-state index >= 15 is 0 Å². The van der Waals surface area contributed by atoms with Gasteiger partial charge in [-0.1, -0.05) is 55.0 Å². The molecule has 122 valence electrons. The molecule has 3 aromatic carbocycles. The van der Waals surface area contributed by atoms with Crippen molar-refractivity contribution in [1.82, 2.24) is 0 Å². The number of rotatable bonds is 4. The van der Waals surface area contributed by atoms with E-state index in [-0.39, 0.29) is 5.97 Å². The maximum Gasteiger partial charge on any atom is 0.333 e. The summed E-state index contributed by atoms with van der Waals surface area (Å²) < 4.78 is 5.54. The second kappa shape index (κ2) is 6.88. The van der Waals surface area contributed by atoms with Crippen molar-refractivity contribution < 1.29 is 9.53 Å². The molecule has 0 radical (unpaired) electrons. The molecular weight excluding hydrogens is 296 g/mol. The van der Waals surface area contributed by atoms with Gasteiger partial charge >= 0.3 is 5.97 Å². The number of hydrogen-bond donors (Lipinski definition) is 0. The Labute approximate surface area is 142 Å². The Balaban J connectivity index is 1.92. The highest BCUT2D eigenvalue weighted by atomic mass is 16.5. The molecule has 2 nitrogen and oxygen atoms in total. The van der Waals surface area contributed by atoms with Crippen LogP contribution in [0.4, 0.5) is 0 Å². The monoisotopic (exact) mass is 318 g/mol. The molecular formula is C22H22O2. The zero-order valence-corrected chi connectivity index (χ0v) is 14.4. The number of fused-ring (bicyclic) bond motifs is 2. The number of ether oxygens (including phenoxy) is 1. The molecule has 0 aliphatic carbocycles. The first-order valence-corrected chi connectivity index (χ1v) is 8.34. The number of hydrogen-bond acceptors (Lipinski definition) is 2. The minimum Gasteiger partial charge on any atom is -0.457 e. The summed E-state index contributed by atoms with van der Waals surface area (Å²) in [6.07, 6.45) is 0.862. The van der Waals surface area contributed by atoms with Crippen molar-refractivity contribution in [3.8, 4) is 0 Å². The molecule has 0 saturated carbocycles. The van der Waals surface area contributed by atoms with E-state index < -0.39 is 0 Å². The third kappa shape index (κ3) is 3.18. The molecule has 3 rings (SSSR count). The molecule has 0 spiro atoms. The Bertz CT molecular complexity index is 935. The Hall–Kier alpha value is -2.61. The molecule has 0 bridgehead atoms. The predicted molar refractivity (Wildman–Crippen MR) is 99.9 cm³/mol. The molecule has 0 unspecified atom stereocenters. The van der Waals surface area contributed by atoms with Gasteiger partial charge in [0.25, 0.3) is 0 Å². The Kier molecular flexibility index (Phi) is 4.66. The molecule has 0 fully saturated rings. The molecule has 0 amide bonds. The van der Waals surface area contributed by atoms with Gasteiger partial charge in [-0.2, -0.15) is 0 Å². The van der Waals surface area contributed by atoms with Crippen LogP contribution in [0.3, 0.4) is 0 Å². The van der Waals surface area contributed by atoms with Gasteiger partial charge in [0.15, 0.2) is 0 Å². The number of allylic oxidation sites excluding steroid dienone is 1. The highest BCUT2D eigenvalue weighted by molar-refractivity contribution is 5.99. The van der Waals surface area contributed by atoms with Crippen molar-refractivity contribution in [2.75, 3.05) is 0 Å². The summed E-state index contributed by atoms with van der Waals surface area (Å²) in [6, 6.07) is 18.8. The van der Waals surface area contributed by atoms with Crippen LogP contribution in [0.15, 0.2) is 65.7 Å². The fourth-order valence-electron chi connectivity index (χ4n) is 2.85. The second-order valence-corrected chi connectivity index (χ2v) is 6.17. The summed E-state index contributed by atoms with van der Waals surface area (Å²) in [5, 5.41) is 4.72. The minimum absolute atomic E-state index is 0.229. The van der Waals surface area contributed by atoms with Gasteiger partial charge in [0, 0.05) is 5.57 Å². The Morgan fingerprint density at radius 1 is 0.917 bits per heavy atom. The first-order valence-electron chi connectivity index (χ1n) is 8.34. The van der Waals surface area contributed by atoms with Crippen LogP contribution in [-0.2, 0) is 16.1 Å². The van der Waals surface area contributed by atoms with Gasteiger partial charge < -0.3 is 4.74 Å². The lowest BCUT2D eigenvalue weighted by Crippen LogP contribution is -2.07. The van der Waals surface area contributed by atoms with E-state index in [2.05, 4.69) is 30.3 Å². The van der Waals surface area contributed by atoms with Crippen molar-refractivity contribution in [2.24, 2.45) is 0 Å². The molecule has 0 aliphatic rings. The van der Waals surface area contributed by atoms with Gasteiger partial charge in [0.2, 0.25) is 0 Å². The topological polar surface area (TPSA) is 26.3 Å². The van der Waals surface area contributed by atoms with E-state index in [9.17, 15) is 4.79 Å². The van der Waals surface area contributed by atoms with Crippen molar-refractivity contribution >= 4 is 27.5 Å². The summed E-state index contributed by atoms with van der Waals surface area (Å²) in [5.41, 5.74) is 2.82. The molecule has 3 aromatic rings. The fraction of sp³-hybridized carbons (Fsp3) is 0.227. The van der Waals surface area contributed by atoms with Crippen molar-refractivity contribution in [3.63, 3.8) is 0 Å². The molecule has 0 saturated heterocycles. The fourth-order valence-corrected chi connectivity index (χ4v) is 2.85. The van der Waals surface area contributed by atoms with Crippen LogP contribution < -0.4 is 0 Å². The molecule has 0 aromatic heterocycles. The van der Waals surface area contributed by atoms with Gasteiger partial charge in [-0.15, -0.1) is 0 Å². The average molecular weight is 318 g/mol. The highest BCUT2D eigenvalue weighted by Crippen LogP contribution is 2.26. The van der Waals surface area contributed by atoms with Crippen LogP contribution in [0.5, 0.6) is 0 Å². The predicted octanol–water partition coefficient (Wildman–Crippen LogP) is 5.78. The lowest BCUT2D eigenvalue weighted by molar-refractivity contribution is -0.140. The van der Waals surface area contributed by atoms with E-state index in [1.54, 1.807) is 0 Å².